The Hall–Kier alpha value is -2.16. The number of alkyl halides is 3. The van der Waals surface area contributed by atoms with E-state index in [9.17, 15) is 18.0 Å². The summed E-state index contributed by atoms with van der Waals surface area (Å²) in [4.78, 5) is 12.3. The fourth-order valence-corrected chi connectivity index (χ4v) is 2.45. The molecule has 0 N–H and O–H groups in total. The Kier molecular flexibility index (Phi) is 4.84. The molecular formula is C14H15ClF3N5O. The minimum absolute atomic E-state index is 0.104. The molecule has 0 saturated heterocycles. The Labute approximate surface area is 141 Å². The third-order valence-corrected chi connectivity index (χ3v) is 4.21. The predicted molar refractivity (Wildman–Crippen MR) is 80.6 cm³/mol. The molecule has 0 aliphatic carbocycles. The van der Waals surface area contributed by atoms with E-state index in [0.29, 0.717) is 15.6 Å². The molecule has 1 unspecified atom stereocenters. The second-order valence-electron chi connectivity index (χ2n) is 5.38. The molecule has 10 heteroatoms. The third-order valence-electron chi connectivity index (χ3n) is 3.98. The normalized spacial score (nSPS) is 14.3. The molecule has 0 aliphatic heterocycles. The van der Waals surface area contributed by atoms with E-state index in [4.69, 9.17) is 11.6 Å². The number of carbonyl (C=O) groups excluding carboxylic acids is 1. The lowest BCUT2D eigenvalue weighted by atomic mass is 9.95. The van der Waals surface area contributed by atoms with Gasteiger partial charge in [-0.05, 0) is 42.0 Å². The number of nitrogens with zero attached hydrogens (tertiary/aromatic N) is 5. The standard InChI is InChI=1S/C14H15ClF3N5O/c1-4-13(2,22(3)12(24)14(16,17)18)11-19-20-21-23(11)10-7-5-6-9(15)8-10/h5-8H,4H2,1-3H3. The summed E-state index contributed by atoms with van der Waals surface area (Å²) in [5, 5.41) is 11.6. The quantitative estimate of drug-likeness (QED) is 0.840. The lowest BCUT2D eigenvalue weighted by molar-refractivity contribution is -0.190. The highest BCUT2D eigenvalue weighted by atomic mass is 35.5. The van der Waals surface area contributed by atoms with Gasteiger partial charge in [-0.3, -0.25) is 4.79 Å². The summed E-state index contributed by atoms with van der Waals surface area (Å²) >= 11 is 5.94. The minimum Gasteiger partial charge on any atom is -0.325 e. The molecule has 2 rings (SSSR count). The van der Waals surface area contributed by atoms with Gasteiger partial charge in [0.15, 0.2) is 5.82 Å². The lowest BCUT2D eigenvalue weighted by Crippen LogP contribution is -2.51. The van der Waals surface area contributed by atoms with Crippen molar-refractivity contribution in [2.24, 2.45) is 0 Å². The summed E-state index contributed by atoms with van der Waals surface area (Å²) in [5.41, 5.74) is -0.881. The van der Waals surface area contributed by atoms with Crippen molar-refractivity contribution < 1.29 is 18.0 Å². The van der Waals surface area contributed by atoms with Crippen LogP contribution in [-0.2, 0) is 10.3 Å². The average molecular weight is 362 g/mol. The van der Waals surface area contributed by atoms with E-state index in [2.05, 4.69) is 15.5 Å². The highest BCUT2D eigenvalue weighted by Crippen LogP contribution is 2.33. The van der Waals surface area contributed by atoms with E-state index in [0.717, 1.165) is 7.05 Å². The molecule has 1 amide bonds. The highest BCUT2D eigenvalue weighted by Gasteiger charge is 2.48. The smallest absolute Gasteiger partial charge is 0.325 e. The largest absolute Gasteiger partial charge is 0.471 e. The van der Waals surface area contributed by atoms with Crippen molar-refractivity contribution >= 4 is 17.5 Å². The van der Waals surface area contributed by atoms with Crippen LogP contribution in [0.3, 0.4) is 0 Å². The van der Waals surface area contributed by atoms with Crippen molar-refractivity contribution in [2.45, 2.75) is 32.0 Å². The topological polar surface area (TPSA) is 63.9 Å². The maximum Gasteiger partial charge on any atom is 0.471 e. The summed E-state index contributed by atoms with van der Waals surface area (Å²) in [6.45, 7) is 3.13. The SMILES string of the molecule is CCC(C)(c1nnnn1-c1cccc(Cl)c1)N(C)C(=O)C(F)(F)F. The van der Waals surface area contributed by atoms with Gasteiger partial charge in [-0.15, -0.1) is 5.10 Å². The molecule has 24 heavy (non-hydrogen) atoms. The molecule has 130 valence electrons. The molecular weight excluding hydrogens is 347 g/mol. The second kappa shape index (κ2) is 6.39. The molecule has 0 saturated carbocycles. The zero-order valence-electron chi connectivity index (χ0n) is 13.2. The molecule has 1 heterocycles. The Bertz CT molecular complexity index is 748. The van der Waals surface area contributed by atoms with Crippen LogP contribution in [0.5, 0.6) is 0 Å². The number of aromatic nitrogens is 4. The van der Waals surface area contributed by atoms with Gasteiger partial charge in [-0.25, -0.2) is 0 Å². The van der Waals surface area contributed by atoms with Gasteiger partial charge < -0.3 is 4.90 Å². The number of halogens is 4. The van der Waals surface area contributed by atoms with Crippen LogP contribution in [0.25, 0.3) is 5.69 Å². The summed E-state index contributed by atoms with van der Waals surface area (Å²) in [6, 6.07) is 6.54. The van der Waals surface area contributed by atoms with Gasteiger partial charge in [0, 0.05) is 12.1 Å². The van der Waals surface area contributed by atoms with E-state index < -0.39 is 17.6 Å². The highest BCUT2D eigenvalue weighted by molar-refractivity contribution is 6.30. The maximum atomic E-state index is 12.8. The molecule has 1 aromatic carbocycles. The minimum atomic E-state index is -4.99. The molecule has 0 aliphatic rings. The van der Waals surface area contributed by atoms with Crippen molar-refractivity contribution in [3.05, 3.63) is 35.1 Å². The van der Waals surface area contributed by atoms with E-state index in [-0.39, 0.29) is 12.2 Å². The molecule has 0 spiro atoms. The molecule has 2 aromatic rings. The van der Waals surface area contributed by atoms with Crippen molar-refractivity contribution in [2.75, 3.05) is 7.05 Å². The van der Waals surface area contributed by atoms with E-state index >= 15 is 0 Å². The van der Waals surface area contributed by atoms with Crippen molar-refractivity contribution in [3.63, 3.8) is 0 Å². The van der Waals surface area contributed by atoms with Gasteiger partial charge in [0.2, 0.25) is 0 Å². The van der Waals surface area contributed by atoms with Crippen molar-refractivity contribution in [3.8, 4) is 5.69 Å². The van der Waals surface area contributed by atoms with Gasteiger partial charge in [0.25, 0.3) is 0 Å². The Morgan fingerprint density at radius 2 is 2.04 bits per heavy atom. The second-order valence-corrected chi connectivity index (χ2v) is 5.82. The van der Waals surface area contributed by atoms with Gasteiger partial charge in [0.05, 0.1) is 5.69 Å². The van der Waals surface area contributed by atoms with Gasteiger partial charge in [0.1, 0.15) is 5.54 Å². The van der Waals surface area contributed by atoms with Crippen LogP contribution in [0.1, 0.15) is 26.1 Å². The number of rotatable bonds is 4. The Morgan fingerprint density at radius 1 is 1.38 bits per heavy atom. The third kappa shape index (κ3) is 3.21. The van der Waals surface area contributed by atoms with Crippen LogP contribution in [0.4, 0.5) is 13.2 Å². The predicted octanol–water partition coefficient (Wildman–Crippen LogP) is 2.96. The zero-order chi connectivity index (χ0) is 18.1. The van der Waals surface area contributed by atoms with Crippen LogP contribution in [0.15, 0.2) is 24.3 Å². The molecule has 6 nitrogen and oxygen atoms in total. The van der Waals surface area contributed by atoms with Crippen molar-refractivity contribution in [1.29, 1.82) is 0 Å². The van der Waals surface area contributed by atoms with Crippen LogP contribution < -0.4 is 0 Å². The van der Waals surface area contributed by atoms with Crippen LogP contribution in [-0.4, -0.2) is 44.2 Å². The summed E-state index contributed by atoms with van der Waals surface area (Å²) < 4.78 is 39.7. The van der Waals surface area contributed by atoms with Gasteiger partial charge in [-0.2, -0.15) is 17.9 Å². The maximum absolute atomic E-state index is 12.8. The van der Waals surface area contributed by atoms with Crippen LogP contribution in [0, 0.1) is 0 Å². The number of hydrogen-bond acceptors (Lipinski definition) is 4. The zero-order valence-corrected chi connectivity index (χ0v) is 13.9. The summed E-state index contributed by atoms with van der Waals surface area (Å²) in [5.74, 6) is -1.86. The molecule has 1 aromatic heterocycles. The van der Waals surface area contributed by atoms with Crippen molar-refractivity contribution in [1.82, 2.24) is 25.1 Å². The molecule has 0 radical (unpaired) electrons. The molecule has 1 atom stereocenters. The first kappa shape index (κ1) is 18.2. The molecule has 0 bridgehead atoms. The number of benzene rings is 1. The monoisotopic (exact) mass is 361 g/mol. The fraction of sp³-hybridized carbons (Fsp3) is 0.429. The average Bonchev–Trinajstić information content (AvgIpc) is 3.02. The number of hydrogen-bond donors (Lipinski definition) is 0. The Morgan fingerprint density at radius 3 is 2.58 bits per heavy atom. The first-order chi connectivity index (χ1) is 11.1. The molecule has 0 fully saturated rings. The number of amides is 1. The lowest BCUT2D eigenvalue weighted by Gasteiger charge is -2.37. The van der Waals surface area contributed by atoms with E-state index in [1.165, 1.54) is 11.6 Å². The summed E-state index contributed by atoms with van der Waals surface area (Å²) in [7, 11) is 1.08. The van der Waals surface area contributed by atoms with E-state index in [1.54, 1.807) is 31.2 Å². The van der Waals surface area contributed by atoms with Crippen LogP contribution in [0.2, 0.25) is 5.02 Å². The summed E-state index contributed by atoms with van der Waals surface area (Å²) in [6.07, 6.45) is -4.81. The number of tetrazole rings is 1. The number of carbonyl (C=O) groups is 1. The van der Waals surface area contributed by atoms with E-state index in [1.807, 2.05) is 0 Å². The first-order valence-electron chi connectivity index (χ1n) is 7.01. The van der Waals surface area contributed by atoms with Gasteiger partial charge >= 0.3 is 12.1 Å². The van der Waals surface area contributed by atoms with Gasteiger partial charge in [-0.1, -0.05) is 24.6 Å². The van der Waals surface area contributed by atoms with Crippen LogP contribution >= 0.6 is 11.6 Å². The Balaban J connectivity index is 2.53. The first-order valence-corrected chi connectivity index (χ1v) is 7.39. The fourth-order valence-electron chi connectivity index (χ4n) is 2.26.